The number of fused-ring (bicyclic) bond motifs is 1. The summed E-state index contributed by atoms with van der Waals surface area (Å²) in [6, 6.07) is 4.11. The molecule has 28 heavy (non-hydrogen) atoms. The van der Waals surface area contributed by atoms with E-state index in [1.165, 1.54) is 12.1 Å². The number of aliphatic imine (C=N–C) groups is 1. The van der Waals surface area contributed by atoms with E-state index in [0.29, 0.717) is 5.17 Å². The van der Waals surface area contributed by atoms with Crippen molar-refractivity contribution in [1.82, 2.24) is 4.90 Å². The molecule has 1 saturated heterocycles. The Kier molecular flexibility index (Phi) is 6.20. The zero-order valence-electron chi connectivity index (χ0n) is 15.0. The second-order valence-corrected chi connectivity index (χ2v) is 7.83. The maximum Gasteiger partial charge on any atom is 0.417 e. The highest BCUT2D eigenvalue weighted by molar-refractivity contribution is 8.14. The summed E-state index contributed by atoms with van der Waals surface area (Å²) in [5.41, 5.74) is -0.685. The number of benzene rings is 1. The molecular weight excluding hydrogens is 404 g/mol. The molecule has 1 unspecified atom stereocenters. The quantitative estimate of drug-likeness (QED) is 0.718. The summed E-state index contributed by atoms with van der Waals surface area (Å²) in [6.45, 7) is -0.536. The van der Waals surface area contributed by atoms with Crippen LogP contribution in [-0.4, -0.2) is 76.4 Å². The van der Waals surface area contributed by atoms with E-state index in [0.717, 1.165) is 23.9 Å². The molecule has 1 fully saturated rings. The number of thioether (sulfide) groups is 1. The first-order chi connectivity index (χ1) is 13.1. The Morgan fingerprint density at radius 1 is 1.29 bits per heavy atom. The standard InChI is InChI=1S/C17H20F4N2O4S/c1-23(2)16-22-10-11(24)12(25)13(27-15(10)28-16)14(17(19,20)21)26-7-8-4-3-5-9(18)6-8/h3-6,10-15,24-25H,7H2,1-2H3/t10-,11-,12+,13?,14+,15-/m1/s1. The van der Waals surface area contributed by atoms with Gasteiger partial charge in [0, 0.05) is 14.1 Å². The fourth-order valence-corrected chi connectivity index (χ4v) is 4.18. The molecule has 2 heterocycles. The number of amidine groups is 1. The minimum absolute atomic E-state index is 0.200. The molecule has 0 amide bonds. The van der Waals surface area contributed by atoms with Crippen LogP contribution in [0.3, 0.4) is 0 Å². The van der Waals surface area contributed by atoms with Gasteiger partial charge in [0.05, 0.1) is 6.61 Å². The van der Waals surface area contributed by atoms with Gasteiger partial charge in [0.15, 0.2) is 11.3 Å². The maximum atomic E-state index is 13.6. The molecule has 2 aliphatic heterocycles. The van der Waals surface area contributed by atoms with Crippen LogP contribution < -0.4 is 0 Å². The fraction of sp³-hybridized carbons (Fsp3) is 0.588. The van der Waals surface area contributed by atoms with E-state index in [-0.39, 0.29) is 5.56 Å². The molecule has 1 aromatic rings. The van der Waals surface area contributed by atoms with Crippen molar-refractivity contribution >= 4 is 16.9 Å². The smallest absolute Gasteiger partial charge is 0.388 e. The van der Waals surface area contributed by atoms with Gasteiger partial charge in [-0.25, -0.2) is 4.39 Å². The molecule has 2 N–H and O–H groups in total. The lowest BCUT2D eigenvalue weighted by Gasteiger charge is -2.41. The van der Waals surface area contributed by atoms with Gasteiger partial charge in [0.25, 0.3) is 0 Å². The van der Waals surface area contributed by atoms with Crippen LogP contribution in [0.2, 0.25) is 0 Å². The van der Waals surface area contributed by atoms with Gasteiger partial charge >= 0.3 is 6.18 Å². The number of alkyl halides is 3. The van der Waals surface area contributed by atoms with Crippen molar-refractivity contribution < 1.29 is 37.2 Å². The number of halogens is 4. The van der Waals surface area contributed by atoms with Crippen LogP contribution in [0, 0.1) is 5.82 Å². The van der Waals surface area contributed by atoms with Gasteiger partial charge in [-0.15, -0.1) is 0 Å². The highest BCUT2D eigenvalue weighted by Gasteiger charge is 2.57. The third-order valence-electron chi connectivity index (χ3n) is 4.41. The first-order valence-corrected chi connectivity index (χ1v) is 9.32. The second-order valence-electron chi connectivity index (χ2n) is 6.77. The minimum Gasteiger partial charge on any atom is -0.388 e. The van der Waals surface area contributed by atoms with Gasteiger partial charge in [0.1, 0.15) is 35.6 Å². The number of ether oxygens (including phenoxy) is 2. The molecule has 0 bridgehead atoms. The van der Waals surface area contributed by atoms with Crippen molar-refractivity contribution in [2.75, 3.05) is 14.1 Å². The zero-order valence-corrected chi connectivity index (χ0v) is 15.8. The Bertz CT molecular complexity index is 733. The predicted octanol–water partition coefficient (Wildman–Crippen LogP) is 1.75. The third kappa shape index (κ3) is 4.43. The monoisotopic (exact) mass is 424 g/mol. The summed E-state index contributed by atoms with van der Waals surface area (Å²) >= 11 is 1.07. The lowest BCUT2D eigenvalue weighted by Crippen LogP contribution is -2.61. The lowest BCUT2D eigenvalue weighted by atomic mass is 9.94. The van der Waals surface area contributed by atoms with Crippen LogP contribution >= 0.6 is 11.8 Å². The van der Waals surface area contributed by atoms with E-state index in [1.54, 1.807) is 19.0 Å². The number of hydrogen-bond acceptors (Lipinski definition) is 7. The molecule has 0 radical (unpaired) electrons. The molecule has 2 aliphatic rings. The molecule has 0 aromatic heterocycles. The molecule has 6 atom stereocenters. The average molecular weight is 424 g/mol. The highest BCUT2D eigenvalue weighted by Crippen LogP contribution is 2.41. The van der Waals surface area contributed by atoms with Gasteiger partial charge in [-0.3, -0.25) is 4.99 Å². The summed E-state index contributed by atoms with van der Waals surface area (Å²) < 4.78 is 64.6. The Balaban J connectivity index is 1.77. The molecule has 156 valence electrons. The van der Waals surface area contributed by atoms with Crippen LogP contribution in [0.5, 0.6) is 0 Å². The first-order valence-electron chi connectivity index (χ1n) is 8.44. The van der Waals surface area contributed by atoms with Crippen molar-refractivity contribution in [1.29, 1.82) is 0 Å². The topological polar surface area (TPSA) is 74.5 Å². The summed E-state index contributed by atoms with van der Waals surface area (Å²) in [6.07, 6.45) is -12.6. The molecular formula is C17H20F4N2O4S. The molecule has 0 aliphatic carbocycles. The fourth-order valence-electron chi connectivity index (χ4n) is 3.03. The SMILES string of the molecule is CN(C)C1=N[C@@H]2[C@@H](O)[C@H](O)C([C@H](OCc3cccc(F)c3)C(F)(F)F)O[C@@H]2S1. The first kappa shape index (κ1) is 21.3. The van der Waals surface area contributed by atoms with Crippen LogP contribution in [0.1, 0.15) is 5.56 Å². The highest BCUT2D eigenvalue weighted by atomic mass is 32.2. The van der Waals surface area contributed by atoms with Gasteiger partial charge in [-0.2, -0.15) is 13.2 Å². The van der Waals surface area contributed by atoms with Crippen LogP contribution in [0.4, 0.5) is 17.6 Å². The maximum absolute atomic E-state index is 13.6. The van der Waals surface area contributed by atoms with E-state index in [4.69, 9.17) is 9.47 Å². The van der Waals surface area contributed by atoms with Crippen molar-refractivity contribution in [3.63, 3.8) is 0 Å². The number of aliphatic hydroxyl groups is 2. The zero-order chi connectivity index (χ0) is 20.6. The Hall–Kier alpha value is -1.40. The van der Waals surface area contributed by atoms with Gasteiger partial charge in [0.2, 0.25) is 0 Å². The molecule has 11 heteroatoms. The van der Waals surface area contributed by atoms with E-state index < -0.39 is 54.5 Å². The van der Waals surface area contributed by atoms with E-state index in [1.807, 2.05) is 0 Å². The van der Waals surface area contributed by atoms with E-state index >= 15 is 0 Å². The Morgan fingerprint density at radius 3 is 2.61 bits per heavy atom. The summed E-state index contributed by atoms with van der Waals surface area (Å²) in [5, 5.41) is 21.1. The Morgan fingerprint density at radius 2 is 2.00 bits per heavy atom. The average Bonchev–Trinajstić information content (AvgIpc) is 3.03. The summed E-state index contributed by atoms with van der Waals surface area (Å²) in [4.78, 5) is 5.85. The molecule has 1 aromatic carbocycles. The van der Waals surface area contributed by atoms with Crippen molar-refractivity contribution in [3.8, 4) is 0 Å². The van der Waals surface area contributed by atoms with Crippen molar-refractivity contribution in [2.45, 2.75) is 48.7 Å². The number of nitrogens with zero attached hydrogens (tertiary/aromatic N) is 2. The van der Waals surface area contributed by atoms with Gasteiger partial charge < -0.3 is 24.6 Å². The van der Waals surface area contributed by atoms with Crippen LogP contribution in [0.25, 0.3) is 0 Å². The second kappa shape index (κ2) is 8.15. The number of hydrogen-bond donors (Lipinski definition) is 2. The van der Waals surface area contributed by atoms with E-state index in [2.05, 4.69) is 4.99 Å². The molecule has 0 spiro atoms. The van der Waals surface area contributed by atoms with Crippen LogP contribution in [0.15, 0.2) is 29.3 Å². The van der Waals surface area contributed by atoms with Gasteiger partial charge in [-0.05, 0) is 17.7 Å². The molecule has 3 rings (SSSR count). The third-order valence-corrected chi connectivity index (χ3v) is 5.71. The van der Waals surface area contributed by atoms with Crippen molar-refractivity contribution in [2.24, 2.45) is 4.99 Å². The Labute approximate surface area is 163 Å². The van der Waals surface area contributed by atoms with Crippen LogP contribution in [-0.2, 0) is 16.1 Å². The summed E-state index contributed by atoms with van der Waals surface area (Å²) in [5.74, 6) is -0.604. The number of aliphatic hydroxyl groups excluding tert-OH is 2. The van der Waals surface area contributed by atoms with E-state index in [9.17, 15) is 27.8 Å². The summed E-state index contributed by atoms with van der Waals surface area (Å²) in [7, 11) is 3.40. The largest absolute Gasteiger partial charge is 0.417 e. The lowest BCUT2D eigenvalue weighted by molar-refractivity contribution is -0.286. The predicted molar refractivity (Wildman–Crippen MR) is 94.2 cm³/mol. The van der Waals surface area contributed by atoms with Crippen molar-refractivity contribution in [3.05, 3.63) is 35.6 Å². The number of rotatable bonds is 4. The van der Waals surface area contributed by atoms with Gasteiger partial charge in [-0.1, -0.05) is 23.9 Å². The minimum atomic E-state index is -4.87. The normalized spacial score (nSPS) is 31.3. The molecule has 0 saturated carbocycles. The molecule has 6 nitrogen and oxygen atoms in total.